The van der Waals surface area contributed by atoms with Crippen LogP contribution in [0.25, 0.3) is 10.9 Å². The minimum Gasteiger partial charge on any atom is -0.341 e. The van der Waals surface area contributed by atoms with Gasteiger partial charge in [-0.25, -0.2) is 0 Å². The number of benzene rings is 1. The summed E-state index contributed by atoms with van der Waals surface area (Å²) in [5.74, 6) is 0. The summed E-state index contributed by atoms with van der Waals surface area (Å²) in [7, 11) is 0. The molecule has 1 aromatic heterocycles. The lowest BCUT2D eigenvalue weighted by Crippen LogP contribution is -2.27. The lowest BCUT2D eigenvalue weighted by molar-refractivity contribution is 0.526. The van der Waals surface area contributed by atoms with Crippen molar-refractivity contribution in [2.24, 2.45) is 0 Å². The van der Waals surface area contributed by atoms with Gasteiger partial charge in [-0.2, -0.15) is 0 Å². The molecule has 0 saturated heterocycles. The summed E-state index contributed by atoms with van der Waals surface area (Å²) in [4.78, 5) is 0. The van der Waals surface area contributed by atoms with Crippen molar-refractivity contribution < 1.29 is 0 Å². The van der Waals surface area contributed by atoms with Crippen LogP contribution in [0.5, 0.6) is 0 Å². The van der Waals surface area contributed by atoms with E-state index in [-0.39, 0.29) is 0 Å². The maximum absolute atomic E-state index is 6.46. The number of nitrogens with one attached hydrogen (secondary N) is 1. The third kappa shape index (κ3) is 1.30. The van der Waals surface area contributed by atoms with E-state index in [1.807, 2.05) is 0 Å². The topological polar surface area (TPSA) is 17.0 Å². The van der Waals surface area contributed by atoms with Crippen LogP contribution in [0.15, 0.2) is 12.1 Å². The number of hydrogen-bond donors (Lipinski definition) is 1. The molecule has 3 heteroatoms. The van der Waals surface area contributed by atoms with Crippen molar-refractivity contribution in [3.05, 3.63) is 34.0 Å². The molecule has 1 aliphatic heterocycles. The summed E-state index contributed by atoms with van der Waals surface area (Å²) in [5.41, 5.74) is 5.15. The Labute approximate surface area is 100 Å². The van der Waals surface area contributed by atoms with Crippen molar-refractivity contribution in [1.82, 2.24) is 9.88 Å². The van der Waals surface area contributed by atoms with Crippen LogP contribution >= 0.6 is 11.6 Å². The molecule has 1 aliphatic rings. The zero-order valence-electron chi connectivity index (χ0n) is 9.60. The normalized spacial score (nSPS) is 15.4. The second-order valence-corrected chi connectivity index (χ2v) is 4.95. The molecule has 2 nitrogen and oxygen atoms in total. The Bertz CT molecular complexity index is 569. The van der Waals surface area contributed by atoms with Crippen molar-refractivity contribution >= 4 is 22.5 Å². The Morgan fingerprint density at radius 2 is 2.12 bits per heavy atom. The van der Waals surface area contributed by atoms with E-state index < -0.39 is 0 Å². The lowest BCUT2D eigenvalue weighted by Gasteiger charge is -2.18. The van der Waals surface area contributed by atoms with Gasteiger partial charge in [0.15, 0.2) is 0 Å². The summed E-state index contributed by atoms with van der Waals surface area (Å²) in [5, 5.41) is 5.50. The number of nitrogens with zero attached hydrogens (tertiary/aromatic N) is 1. The number of hydrogen-bond acceptors (Lipinski definition) is 1. The Kier molecular flexibility index (Phi) is 2.23. The molecule has 0 unspecified atom stereocenters. The van der Waals surface area contributed by atoms with Crippen LogP contribution in [0.2, 0.25) is 5.02 Å². The van der Waals surface area contributed by atoms with Gasteiger partial charge in [0.1, 0.15) is 0 Å². The quantitative estimate of drug-likeness (QED) is 0.742. The average molecular weight is 235 g/mol. The zero-order chi connectivity index (χ0) is 11.3. The molecule has 0 amide bonds. The third-order valence-corrected chi connectivity index (χ3v) is 3.76. The van der Waals surface area contributed by atoms with E-state index in [9.17, 15) is 0 Å². The van der Waals surface area contributed by atoms with Gasteiger partial charge in [-0.05, 0) is 25.5 Å². The van der Waals surface area contributed by atoms with Crippen molar-refractivity contribution in [3.63, 3.8) is 0 Å². The maximum Gasteiger partial charge on any atom is 0.0707 e. The Balaban J connectivity index is 2.44. The second kappa shape index (κ2) is 3.51. The third-order valence-electron chi connectivity index (χ3n) is 3.34. The molecular formula is C13H15ClN2. The molecule has 0 spiro atoms. The minimum atomic E-state index is 0.881. The molecule has 2 heterocycles. The first-order valence-electron chi connectivity index (χ1n) is 5.67. The molecule has 3 rings (SSSR count). The van der Waals surface area contributed by atoms with E-state index >= 15 is 0 Å². The number of aromatic nitrogens is 1. The maximum atomic E-state index is 6.46. The standard InChI is InChI=1S/C13H15ClN2/c1-8-5-9(2)13-10(6-8)12(14)11-7-15-3-4-16(11)13/h5-6,15H,3-4,7H2,1-2H3. The Hall–Kier alpha value is -0.990. The fourth-order valence-corrected chi connectivity index (χ4v) is 3.02. The second-order valence-electron chi connectivity index (χ2n) is 4.57. The van der Waals surface area contributed by atoms with Crippen LogP contribution in [0.3, 0.4) is 0 Å². The monoisotopic (exact) mass is 234 g/mol. The van der Waals surface area contributed by atoms with Gasteiger partial charge in [-0.3, -0.25) is 0 Å². The highest BCUT2D eigenvalue weighted by Gasteiger charge is 2.19. The van der Waals surface area contributed by atoms with Crippen LogP contribution in [-0.2, 0) is 13.1 Å². The Morgan fingerprint density at radius 3 is 2.94 bits per heavy atom. The molecule has 2 aromatic rings. The van der Waals surface area contributed by atoms with Crippen LogP contribution in [0.4, 0.5) is 0 Å². The first-order valence-corrected chi connectivity index (χ1v) is 6.05. The van der Waals surface area contributed by atoms with Crippen LogP contribution in [-0.4, -0.2) is 11.1 Å². The molecule has 0 fully saturated rings. The van der Waals surface area contributed by atoms with Gasteiger partial charge in [0, 0.05) is 25.0 Å². The van der Waals surface area contributed by atoms with Gasteiger partial charge < -0.3 is 9.88 Å². The molecule has 0 bridgehead atoms. The molecule has 0 aliphatic carbocycles. The predicted octanol–water partition coefficient (Wildman–Crippen LogP) is 3.01. The van der Waals surface area contributed by atoms with Gasteiger partial charge >= 0.3 is 0 Å². The van der Waals surface area contributed by atoms with E-state index in [0.29, 0.717) is 0 Å². The Morgan fingerprint density at radius 1 is 1.31 bits per heavy atom. The smallest absolute Gasteiger partial charge is 0.0707 e. The predicted molar refractivity (Wildman–Crippen MR) is 68.1 cm³/mol. The van der Waals surface area contributed by atoms with E-state index in [1.54, 1.807) is 0 Å². The molecule has 1 aromatic carbocycles. The van der Waals surface area contributed by atoms with Crippen molar-refractivity contribution in [1.29, 1.82) is 0 Å². The van der Waals surface area contributed by atoms with Crippen LogP contribution < -0.4 is 5.32 Å². The molecular weight excluding hydrogens is 220 g/mol. The minimum absolute atomic E-state index is 0.881. The van der Waals surface area contributed by atoms with E-state index in [4.69, 9.17) is 11.6 Å². The SMILES string of the molecule is Cc1cc(C)c2c(c1)c(Cl)c1n2CCNC1. The molecule has 16 heavy (non-hydrogen) atoms. The van der Waals surface area contributed by atoms with Gasteiger partial charge in [0.25, 0.3) is 0 Å². The zero-order valence-corrected chi connectivity index (χ0v) is 10.4. The summed E-state index contributed by atoms with van der Waals surface area (Å²) in [6.45, 7) is 7.22. The van der Waals surface area contributed by atoms with Crippen molar-refractivity contribution in [2.45, 2.75) is 26.9 Å². The fourth-order valence-electron chi connectivity index (χ4n) is 2.71. The summed E-state index contributed by atoms with van der Waals surface area (Å²) >= 11 is 6.46. The van der Waals surface area contributed by atoms with Crippen LogP contribution in [0, 0.1) is 13.8 Å². The van der Waals surface area contributed by atoms with Crippen LogP contribution in [0.1, 0.15) is 16.8 Å². The average Bonchev–Trinajstić information content (AvgIpc) is 2.54. The number of aryl methyl sites for hydroxylation is 2. The highest BCUT2D eigenvalue weighted by atomic mass is 35.5. The molecule has 1 N–H and O–H groups in total. The number of fused-ring (bicyclic) bond motifs is 3. The highest BCUT2D eigenvalue weighted by Crippen LogP contribution is 2.34. The van der Waals surface area contributed by atoms with Crippen molar-refractivity contribution in [2.75, 3.05) is 6.54 Å². The summed E-state index contributed by atoms with van der Waals surface area (Å²) in [6, 6.07) is 4.42. The molecule has 84 valence electrons. The summed E-state index contributed by atoms with van der Waals surface area (Å²) in [6.07, 6.45) is 0. The van der Waals surface area contributed by atoms with Gasteiger partial charge in [-0.1, -0.05) is 23.2 Å². The first-order chi connectivity index (χ1) is 7.68. The molecule has 0 atom stereocenters. The van der Waals surface area contributed by atoms with Gasteiger partial charge in [0.2, 0.25) is 0 Å². The van der Waals surface area contributed by atoms with E-state index in [2.05, 4.69) is 35.9 Å². The van der Waals surface area contributed by atoms with Gasteiger partial charge in [0.05, 0.1) is 16.2 Å². The number of halogens is 1. The lowest BCUT2D eigenvalue weighted by atomic mass is 10.1. The summed E-state index contributed by atoms with van der Waals surface area (Å²) < 4.78 is 2.36. The fraction of sp³-hybridized carbons (Fsp3) is 0.385. The number of rotatable bonds is 0. The highest BCUT2D eigenvalue weighted by molar-refractivity contribution is 6.36. The first kappa shape index (κ1) is 10.2. The molecule has 0 saturated carbocycles. The van der Waals surface area contributed by atoms with E-state index in [0.717, 1.165) is 24.7 Å². The van der Waals surface area contributed by atoms with E-state index in [1.165, 1.54) is 27.7 Å². The van der Waals surface area contributed by atoms with Crippen molar-refractivity contribution in [3.8, 4) is 0 Å². The van der Waals surface area contributed by atoms with Gasteiger partial charge in [-0.15, -0.1) is 0 Å². The largest absolute Gasteiger partial charge is 0.341 e. The molecule has 0 radical (unpaired) electrons.